The molecule has 102 valence electrons. The largest absolute Gasteiger partial charge is 0.369 e. The van der Waals surface area contributed by atoms with Crippen LogP contribution in [0.5, 0.6) is 0 Å². The van der Waals surface area contributed by atoms with Crippen molar-refractivity contribution in [2.45, 2.75) is 33.6 Å². The number of carbonyl (C=O) groups is 1. The molecule has 0 unspecified atom stereocenters. The molecule has 1 atom stereocenters. The molecule has 0 spiro atoms. The molecule has 0 aliphatic heterocycles. The van der Waals surface area contributed by atoms with Gasteiger partial charge in [-0.1, -0.05) is 25.1 Å². The highest BCUT2D eigenvalue weighted by atomic mass is 16.1. The van der Waals surface area contributed by atoms with Crippen LogP contribution >= 0.6 is 0 Å². The zero-order chi connectivity index (χ0) is 15.4. The van der Waals surface area contributed by atoms with Crippen LogP contribution in [0.15, 0.2) is 18.2 Å². The minimum absolute atomic E-state index is 0.0355. The number of amides is 1. The minimum Gasteiger partial charge on any atom is -0.369 e. The summed E-state index contributed by atoms with van der Waals surface area (Å²) in [5.41, 5.74) is 9.11. The molecule has 1 amide bonds. The number of aryl methyl sites for hydroxylation is 3. The zero-order valence-corrected chi connectivity index (χ0v) is 12.0. The normalized spacial score (nSPS) is 10.1. The Hall–Kier alpha value is -2.19. The van der Waals surface area contributed by atoms with Gasteiger partial charge >= 0.3 is 0 Å². The molecule has 0 saturated carbocycles. The van der Waals surface area contributed by atoms with Gasteiger partial charge < -0.3 is 5.73 Å². The monoisotopic (exact) mass is 257 g/mol. The van der Waals surface area contributed by atoms with Crippen molar-refractivity contribution in [3.05, 3.63) is 34.9 Å². The van der Waals surface area contributed by atoms with Gasteiger partial charge in [0.15, 0.2) is 0 Å². The standard InChI is InChI=1S/C13H19NO.2C2H2/c1-9-4-6-12(8-11(9)3)7-5-10(2)13(14)15;2*1-2/h4,6,8,10H,5,7H2,1-3H3,(H2,14,15);2*1-2H/t10-;;/m0../s1. The average Bonchev–Trinajstić information content (AvgIpc) is 2.44. The fraction of sp³-hybridized carbons (Fsp3) is 0.353. The number of nitrogens with two attached hydrogens (primary N) is 1. The van der Waals surface area contributed by atoms with Crippen molar-refractivity contribution < 1.29 is 4.79 Å². The Balaban J connectivity index is 0. The predicted molar refractivity (Wildman–Crippen MR) is 82.4 cm³/mol. The lowest BCUT2D eigenvalue weighted by Gasteiger charge is -2.08. The van der Waals surface area contributed by atoms with Gasteiger partial charge in [0.05, 0.1) is 0 Å². The molecule has 1 aromatic carbocycles. The summed E-state index contributed by atoms with van der Waals surface area (Å²) in [7, 11) is 0. The summed E-state index contributed by atoms with van der Waals surface area (Å²) in [6, 6.07) is 6.43. The fourth-order valence-corrected chi connectivity index (χ4v) is 1.48. The Labute approximate surface area is 117 Å². The predicted octanol–water partition coefficient (Wildman–Crippen LogP) is 2.86. The lowest BCUT2D eigenvalue weighted by molar-refractivity contribution is -0.121. The van der Waals surface area contributed by atoms with Crippen LogP contribution in [0, 0.1) is 45.5 Å². The first-order valence-corrected chi connectivity index (χ1v) is 6.03. The molecule has 2 N–H and O–H groups in total. The molecule has 0 saturated heterocycles. The van der Waals surface area contributed by atoms with Crippen molar-refractivity contribution >= 4 is 5.91 Å². The van der Waals surface area contributed by atoms with E-state index < -0.39 is 0 Å². The van der Waals surface area contributed by atoms with Crippen LogP contribution in [0.3, 0.4) is 0 Å². The van der Waals surface area contributed by atoms with Gasteiger partial charge in [0.2, 0.25) is 5.91 Å². The molecule has 1 rings (SSSR count). The second kappa shape index (κ2) is 10.9. The zero-order valence-electron chi connectivity index (χ0n) is 12.0. The number of hydrogen-bond donors (Lipinski definition) is 1. The third kappa shape index (κ3) is 7.68. The van der Waals surface area contributed by atoms with Crippen molar-refractivity contribution in [2.24, 2.45) is 11.7 Å². The summed E-state index contributed by atoms with van der Waals surface area (Å²) >= 11 is 0. The van der Waals surface area contributed by atoms with Gasteiger partial charge in [-0.15, -0.1) is 25.7 Å². The first-order chi connectivity index (χ1) is 9.00. The van der Waals surface area contributed by atoms with E-state index in [1.807, 2.05) is 6.92 Å². The molecule has 0 fully saturated rings. The summed E-state index contributed by atoms with van der Waals surface area (Å²) in [6.07, 6.45) is 17.8. The molecule has 0 aromatic heterocycles. The lowest BCUT2D eigenvalue weighted by atomic mass is 9.98. The Kier molecular flexibility index (Phi) is 11.0. The molecule has 2 heteroatoms. The van der Waals surface area contributed by atoms with Crippen molar-refractivity contribution in [3.8, 4) is 25.7 Å². The van der Waals surface area contributed by atoms with Gasteiger partial charge in [0.25, 0.3) is 0 Å². The number of primary amides is 1. The van der Waals surface area contributed by atoms with Crippen molar-refractivity contribution in [3.63, 3.8) is 0 Å². The Morgan fingerprint density at radius 1 is 1.16 bits per heavy atom. The first-order valence-electron chi connectivity index (χ1n) is 6.03. The second-order valence-corrected chi connectivity index (χ2v) is 4.26. The number of terminal acetylenes is 2. The van der Waals surface area contributed by atoms with E-state index >= 15 is 0 Å². The fourth-order valence-electron chi connectivity index (χ4n) is 1.48. The molecule has 0 aliphatic rings. The Morgan fingerprint density at radius 2 is 1.68 bits per heavy atom. The van der Waals surface area contributed by atoms with Crippen LogP contribution in [0.2, 0.25) is 0 Å². The van der Waals surface area contributed by atoms with Gasteiger partial charge in [-0.2, -0.15) is 0 Å². The highest BCUT2D eigenvalue weighted by molar-refractivity contribution is 5.76. The molecule has 0 heterocycles. The van der Waals surface area contributed by atoms with E-state index in [0.717, 1.165) is 12.8 Å². The third-order valence-electron chi connectivity index (χ3n) is 2.92. The van der Waals surface area contributed by atoms with Crippen LogP contribution in [-0.4, -0.2) is 5.91 Å². The number of rotatable bonds is 4. The Bertz CT molecular complexity index is 423. The molecule has 1 aromatic rings. The second-order valence-electron chi connectivity index (χ2n) is 4.26. The van der Waals surface area contributed by atoms with E-state index in [1.165, 1.54) is 16.7 Å². The highest BCUT2D eigenvalue weighted by Crippen LogP contribution is 2.13. The summed E-state index contributed by atoms with van der Waals surface area (Å²) in [4.78, 5) is 10.9. The van der Waals surface area contributed by atoms with E-state index in [9.17, 15) is 4.79 Å². The maximum absolute atomic E-state index is 10.9. The Morgan fingerprint density at radius 3 is 2.11 bits per heavy atom. The van der Waals surface area contributed by atoms with Gasteiger partial charge in [-0.25, -0.2) is 0 Å². The summed E-state index contributed by atoms with van der Waals surface area (Å²) in [6.45, 7) is 6.09. The van der Waals surface area contributed by atoms with Crippen LogP contribution in [0.1, 0.15) is 30.0 Å². The van der Waals surface area contributed by atoms with Gasteiger partial charge in [0, 0.05) is 5.92 Å². The van der Waals surface area contributed by atoms with Crippen molar-refractivity contribution in [1.82, 2.24) is 0 Å². The third-order valence-corrected chi connectivity index (χ3v) is 2.92. The smallest absolute Gasteiger partial charge is 0.220 e. The minimum atomic E-state index is -0.209. The quantitative estimate of drug-likeness (QED) is 0.828. The van der Waals surface area contributed by atoms with E-state index in [4.69, 9.17) is 5.73 Å². The maximum atomic E-state index is 10.9. The average molecular weight is 257 g/mol. The molecule has 2 nitrogen and oxygen atoms in total. The lowest BCUT2D eigenvalue weighted by Crippen LogP contribution is -2.20. The van der Waals surface area contributed by atoms with E-state index in [0.29, 0.717) is 0 Å². The van der Waals surface area contributed by atoms with Gasteiger partial charge in [0.1, 0.15) is 0 Å². The summed E-state index contributed by atoms with van der Waals surface area (Å²) in [5, 5.41) is 0. The number of carbonyl (C=O) groups excluding carboxylic acids is 1. The van der Waals surface area contributed by atoms with Crippen LogP contribution in [0.25, 0.3) is 0 Å². The van der Waals surface area contributed by atoms with E-state index in [1.54, 1.807) is 0 Å². The molecular formula is C17H23NO. The van der Waals surface area contributed by atoms with Crippen molar-refractivity contribution in [1.29, 1.82) is 0 Å². The van der Waals surface area contributed by atoms with Crippen LogP contribution in [-0.2, 0) is 11.2 Å². The van der Waals surface area contributed by atoms with Gasteiger partial charge in [-0.3, -0.25) is 4.79 Å². The molecule has 0 bridgehead atoms. The van der Waals surface area contributed by atoms with Crippen LogP contribution in [0.4, 0.5) is 0 Å². The van der Waals surface area contributed by atoms with E-state index in [-0.39, 0.29) is 11.8 Å². The topological polar surface area (TPSA) is 43.1 Å². The first kappa shape index (κ1) is 19.2. The highest BCUT2D eigenvalue weighted by Gasteiger charge is 2.08. The van der Waals surface area contributed by atoms with Crippen LogP contribution < -0.4 is 5.73 Å². The maximum Gasteiger partial charge on any atom is 0.220 e. The molecule has 19 heavy (non-hydrogen) atoms. The summed E-state index contributed by atoms with van der Waals surface area (Å²) in [5.74, 6) is -0.245. The molecular weight excluding hydrogens is 234 g/mol. The van der Waals surface area contributed by atoms with Gasteiger partial charge in [-0.05, 0) is 43.4 Å². The summed E-state index contributed by atoms with van der Waals surface area (Å²) < 4.78 is 0. The number of hydrogen-bond acceptors (Lipinski definition) is 1. The van der Waals surface area contributed by atoms with Crippen molar-refractivity contribution in [2.75, 3.05) is 0 Å². The van der Waals surface area contributed by atoms with E-state index in [2.05, 4.69) is 57.7 Å². The SMILES string of the molecule is C#C.C#C.Cc1ccc(CC[C@H](C)C(N)=O)cc1C. The number of benzene rings is 1. The molecule has 0 aliphatic carbocycles. The molecule has 0 radical (unpaired) electrons.